The largest absolute Gasteiger partial charge is 0.481 e. The highest BCUT2D eigenvalue weighted by atomic mass is 32.2. The summed E-state index contributed by atoms with van der Waals surface area (Å²) >= 11 is 1.77. The van der Waals surface area contributed by atoms with Crippen LogP contribution in [-0.2, 0) is 9.59 Å². The van der Waals surface area contributed by atoms with Crippen LogP contribution in [0.4, 0.5) is 5.69 Å². The highest BCUT2D eigenvalue weighted by molar-refractivity contribution is 7.99. The van der Waals surface area contributed by atoms with Gasteiger partial charge in [-0.3, -0.25) is 14.5 Å². The number of nitrogens with zero attached hydrogens (tertiary/aromatic N) is 2. The molecule has 20 heavy (non-hydrogen) atoms. The number of para-hydroxylation sites is 1. The summed E-state index contributed by atoms with van der Waals surface area (Å²) < 4.78 is 0. The van der Waals surface area contributed by atoms with Crippen molar-refractivity contribution in [3.8, 4) is 0 Å². The predicted molar refractivity (Wildman–Crippen MR) is 77.1 cm³/mol. The molecular formula is C14H16N2O3S. The Bertz CT molecular complexity index is 543. The van der Waals surface area contributed by atoms with Crippen LogP contribution in [0.2, 0.25) is 0 Å². The van der Waals surface area contributed by atoms with Crippen LogP contribution < -0.4 is 4.90 Å². The fourth-order valence-corrected chi connectivity index (χ4v) is 3.56. The molecule has 2 heterocycles. The molecule has 1 saturated heterocycles. The molecule has 0 bridgehead atoms. The van der Waals surface area contributed by atoms with Gasteiger partial charge in [-0.05, 0) is 12.1 Å². The molecule has 1 aromatic rings. The van der Waals surface area contributed by atoms with Gasteiger partial charge in [-0.2, -0.15) is 0 Å². The van der Waals surface area contributed by atoms with E-state index >= 15 is 0 Å². The van der Waals surface area contributed by atoms with Gasteiger partial charge in [-0.15, -0.1) is 11.8 Å². The number of carbonyl (C=O) groups excluding carboxylic acids is 1. The zero-order valence-electron chi connectivity index (χ0n) is 11.0. The van der Waals surface area contributed by atoms with Crippen molar-refractivity contribution in [3.05, 3.63) is 24.3 Å². The maximum Gasteiger partial charge on any atom is 0.309 e. The second-order valence-corrected chi connectivity index (χ2v) is 6.23. The normalized spacial score (nSPS) is 19.3. The Morgan fingerprint density at radius 2 is 2.05 bits per heavy atom. The first-order valence-electron chi connectivity index (χ1n) is 6.62. The number of thioether (sulfide) groups is 1. The van der Waals surface area contributed by atoms with Crippen molar-refractivity contribution in [3.63, 3.8) is 0 Å². The fourth-order valence-electron chi connectivity index (χ4n) is 2.56. The van der Waals surface area contributed by atoms with Gasteiger partial charge < -0.3 is 10.0 Å². The van der Waals surface area contributed by atoms with Crippen LogP contribution >= 0.6 is 11.8 Å². The smallest absolute Gasteiger partial charge is 0.309 e. The molecule has 1 fully saturated rings. The lowest BCUT2D eigenvalue weighted by Crippen LogP contribution is -2.54. The Morgan fingerprint density at radius 1 is 1.30 bits per heavy atom. The topological polar surface area (TPSA) is 60.9 Å². The van der Waals surface area contributed by atoms with E-state index in [9.17, 15) is 9.59 Å². The number of carboxylic acid groups (broad SMARTS) is 1. The van der Waals surface area contributed by atoms with Gasteiger partial charge in [0.05, 0.1) is 18.2 Å². The first-order valence-corrected chi connectivity index (χ1v) is 7.61. The van der Waals surface area contributed by atoms with E-state index < -0.39 is 5.97 Å². The third-order valence-corrected chi connectivity index (χ3v) is 4.74. The molecule has 0 radical (unpaired) electrons. The summed E-state index contributed by atoms with van der Waals surface area (Å²) in [4.78, 5) is 28.0. The van der Waals surface area contributed by atoms with Gasteiger partial charge in [0.2, 0.25) is 5.91 Å². The Balaban J connectivity index is 1.63. The van der Waals surface area contributed by atoms with E-state index in [-0.39, 0.29) is 11.8 Å². The minimum atomic E-state index is -0.770. The Labute approximate surface area is 121 Å². The van der Waals surface area contributed by atoms with Gasteiger partial charge in [0.15, 0.2) is 0 Å². The van der Waals surface area contributed by atoms with Gasteiger partial charge in [-0.25, -0.2) is 0 Å². The molecule has 0 saturated carbocycles. The summed E-state index contributed by atoms with van der Waals surface area (Å²) in [5.74, 6) is -0.123. The second-order valence-electron chi connectivity index (χ2n) is 5.09. The maximum atomic E-state index is 12.4. The van der Waals surface area contributed by atoms with E-state index in [0.717, 1.165) is 22.9 Å². The number of benzene rings is 1. The molecule has 2 aliphatic heterocycles. The summed E-state index contributed by atoms with van der Waals surface area (Å²) in [6.07, 6.45) is 0. The van der Waals surface area contributed by atoms with E-state index in [2.05, 4.69) is 0 Å². The number of hydrogen-bond acceptors (Lipinski definition) is 4. The highest BCUT2D eigenvalue weighted by Crippen LogP contribution is 2.34. The zero-order chi connectivity index (χ0) is 14.1. The van der Waals surface area contributed by atoms with Gasteiger partial charge in [0.25, 0.3) is 0 Å². The first-order chi connectivity index (χ1) is 9.65. The van der Waals surface area contributed by atoms with Crippen molar-refractivity contribution in [1.29, 1.82) is 0 Å². The molecule has 6 heteroatoms. The summed E-state index contributed by atoms with van der Waals surface area (Å²) in [7, 11) is 0. The number of rotatable bonds is 3. The minimum absolute atomic E-state index is 0.0570. The monoisotopic (exact) mass is 292 g/mol. The third kappa shape index (κ3) is 2.53. The number of anilines is 1. The third-order valence-electron chi connectivity index (χ3n) is 3.69. The van der Waals surface area contributed by atoms with E-state index in [1.54, 1.807) is 11.8 Å². The predicted octanol–water partition coefficient (Wildman–Crippen LogP) is 1.14. The van der Waals surface area contributed by atoms with E-state index in [1.165, 1.54) is 0 Å². The Hall–Kier alpha value is -1.53. The molecule has 0 unspecified atom stereocenters. The Kier molecular flexibility index (Phi) is 3.67. The average Bonchev–Trinajstić information content (AvgIpc) is 2.41. The van der Waals surface area contributed by atoms with Crippen LogP contribution in [0, 0.1) is 5.92 Å². The fraction of sp³-hybridized carbons (Fsp3) is 0.429. The Morgan fingerprint density at radius 3 is 2.80 bits per heavy atom. The number of amides is 1. The highest BCUT2D eigenvalue weighted by Gasteiger charge is 2.34. The quantitative estimate of drug-likeness (QED) is 0.905. The molecule has 0 spiro atoms. The summed E-state index contributed by atoms with van der Waals surface area (Å²) in [6, 6.07) is 7.92. The summed E-state index contributed by atoms with van der Waals surface area (Å²) in [5.41, 5.74) is 0.976. The zero-order valence-corrected chi connectivity index (χ0v) is 11.8. The van der Waals surface area contributed by atoms with Crippen molar-refractivity contribution in [2.45, 2.75) is 4.90 Å². The van der Waals surface area contributed by atoms with Crippen LogP contribution in [-0.4, -0.2) is 53.8 Å². The molecule has 0 atom stereocenters. The lowest BCUT2D eigenvalue weighted by molar-refractivity contribution is -0.148. The number of hydrogen-bond donors (Lipinski definition) is 1. The lowest BCUT2D eigenvalue weighted by atomic mass is 10.0. The molecule has 1 amide bonds. The van der Waals surface area contributed by atoms with Crippen LogP contribution in [0.5, 0.6) is 0 Å². The molecule has 3 rings (SSSR count). The standard InChI is InChI=1S/C14H16N2O3S/c17-13(9-15-7-10(8-15)14(18)19)16-5-6-20-12-4-2-1-3-11(12)16/h1-4,10H,5-9H2,(H,18,19). The van der Waals surface area contributed by atoms with Crippen molar-refractivity contribution < 1.29 is 14.7 Å². The van der Waals surface area contributed by atoms with E-state index in [1.807, 2.05) is 34.1 Å². The second kappa shape index (κ2) is 5.46. The van der Waals surface area contributed by atoms with E-state index in [0.29, 0.717) is 19.6 Å². The van der Waals surface area contributed by atoms with Crippen molar-refractivity contribution in [2.24, 2.45) is 5.92 Å². The van der Waals surface area contributed by atoms with Gasteiger partial charge in [0.1, 0.15) is 0 Å². The number of aliphatic carboxylic acids is 1. The summed E-state index contributed by atoms with van der Waals surface area (Å²) in [5, 5.41) is 8.84. The maximum absolute atomic E-state index is 12.4. The van der Waals surface area contributed by atoms with Crippen LogP contribution in [0.3, 0.4) is 0 Å². The van der Waals surface area contributed by atoms with E-state index in [4.69, 9.17) is 5.11 Å². The molecule has 0 aromatic heterocycles. The van der Waals surface area contributed by atoms with Crippen molar-refractivity contribution >= 4 is 29.3 Å². The molecule has 1 N–H and O–H groups in total. The molecular weight excluding hydrogens is 276 g/mol. The summed E-state index contributed by atoms with van der Waals surface area (Å²) in [6.45, 7) is 1.98. The van der Waals surface area contributed by atoms with Gasteiger partial charge >= 0.3 is 5.97 Å². The van der Waals surface area contributed by atoms with Crippen LogP contribution in [0.1, 0.15) is 0 Å². The number of carbonyl (C=O) groups is 2. The molecule has 106 valence electrons. The molecule has 1 aromatic carbocycles. The van der Waals surface area contributed by atoms with Crippen molar-refractivity contribution in [1.82, 2.24) is 4.90 Å². The average molecular weight is 292 g/mol. The molecule has 5 nitrogen and oxygen atoms in total. The lowest BCUT2D eigenvalue weighted by Gasteiger charge is -2.38. The first kappa shape index (κ1) is 13.5. The van der Waals surface area contributed by atoms with Gasteiger partial charge in [-0.1, -0.05) is 12.1 Å². The van der Waals surface area contributed by atoms with Gasteiger partial charge in [0, 0.05) is 30.3 Å². The van der Waals surface area contributed by atoms with Crippen molar-refractivity contribution in [2.75, 3.05) is 36.8 Å². The van der Waals surface area contributed by atoms with Crippen LogP contribution in [0.15, 0.2) is 29.2 Å². The molecule has 2 aliphatic rings. The number of likely N-dealkylation sites (tertiary alicyclic amines) is 1. The minimum Gasteiger partial charge on any atom is -0.481 e. The van der Waals surface area contributed by atoms with Crippen LogP contribution in [0.25, 0.3) is 0 Å². The number of carboxylic acids is 1. The number of fused-ring (bicyclic) bond motifs is 1. The molecule has 0 aliphatic carbocycles. The SMILES string of the molecule is O=C(O)C1CN(CC(=O)N2CCSc3ccccc32)C1.